The first-order valence-corrected chi connectivity index (χ1v) is 4.52. The fourth-order valence-electron chi connectivity index (χ4n) is 1.92. The van der Waals surface area contributed by atoms with Crippen molar-refractivity contribution in [3.8, 4) is 0 Å². The lowest BCUT2D eigenvalue weighted by Crippen LogP contribution is -2.16. The highest BCUT2D eigenvalue weighted by Gasteiger charge is 2.23. The second kappa shape index (κ2) is 2.22. The Bertz CT molecular complexity index is 361. The van der Waals surface area contributed by atoms with Crippen molar-refractivity contribution in [3.63, 3.8) is 0 Å². The molecule has 0 saturated carbocycles. The monoisotopic (exact) mass is 176 g/mol. The smallest absolute Gasteiger partial charge is 0.0936 e. The Hall–Kier alpha value is -1.58. The summed E-state index contributed by atoms with van der Waals surface area (Å²) >= 11 is 0. The zero-order chi connectivity index (χ0) is 8.84. The van der Waals surface area contributed by atoms with Crippen molar-refractivity contribution in [2.75, 3.05) is 27.9 Å². The van der Waals surface area contributed by atoms with Crippen molar-refractivity contribution in [2.24, 2.45) is 0 Å². The molecule has 2 heterocycles. The molecule has 4 N–H and O–H groups in total. The Kier molecular flexibility index (Phi) is 1.17. The van der Waals surface area contributed by atoms with Crippen LogP contribution in [0.5, 0.6) is 0 Å². The Labute approximate surface area is 76.7 Å². The van der Waals surface area contributed by atoms with Gasteiger partial charge in [0.15, 0.2) is 0 Å². The summed E-state index contributed by atoms with van der Waals surface area (Å²) in [5, 5.41) is 13.3. The van der Waals surface area contributed by atoms with E-state index in [1.165, 1.54) is 22.7 Å². The van der Waals surface area contributed by atoms with Crippen LogP contribution in [-0.4, -0.2) is 12.8 Å². The highest BCUT2D eigenvalue weighted by atomic mass is 15.2. The third-order valence-corrected chi connectivity index (χ3v) is 2.48. The van der Waals surface area contributed by atoms with Gasteiger partial charge in [-0.2, -0.15) is 0 Å². The van der Waals surface area contributed by atoms with E-state index in [9.17, 15) is 0 Å². The molecule has 0 aliphatic carbocycles. The van der Waals surface area contributed by atoms with Crippen molar-refractivity contribution in [1.82, 2.24) is 0 Å². The van der Waals surface area contributed by atoms with Crippen molar-refractivity contribution >= 4 is 22.7 Å². The van der Waals surface area contributed by atoms with E-state index >= 15 is 0 Å². The van der Waals surface area contributed by atoms with Gasteiger partial charge in [0.05, 0.1) is 35.6 Å². The first-order valence-electron chi connectivity index (χ1n) is 4.52. The van der Waals surface area contributed by atoms with E-state index in [4.69, 9.17) is 0 Å². The number of benzene rings is 1. The average molecular weight is 176 g/mol. The van der Waals surface area contributed by atoms with Crippen LogP contribution in [0.15, 0.2) is 12.1 Å². The van der Waals surface area contributed by atoms with E-state index in [2.05, 4.69) is 40.3 Å². The number of anilines is 4. The molecule has 0 amide bonds. The molecule has 0 bridgehead atoms. The second-order valence-corrected chi connectivity index (χ2v) is 3.45. The molecule has 0 fully saturated rings. The van der Waals surface area contributed by atoms with Gasteiger partial charge in [-0.15, -0.1) is 0 Å². The van der Waals surface area contributed by atoms with Gasteiger partial charge in [-0.3, -0.25) is 0 Å². The quantitative estimate of drug-likeness (QED) is 0.485. The van der Waals surface area contributed by atoms with Gasteiger partial charge in [0.1, 0.15) is 0 Å². The zero-order valence-corrected chi connectivity index (χ0v) is 7.44. The van der Waals surface area contributed by atoms with Gasteiger partial charge in [-0.1, -0.05) is 0 Å². The largest absolute Gasteiger partial charge is 0.366 e. The maximum Gasteiger partial charge on any atom is 0.0936 e. The summed E-state index contributed by atoms with van der Waals surface area (Å²) < 4.78 is 0. The van der Waals surface area contributed by atoms with E-state index in [-0.39, 0.29) is 0 Å². The summed E-state index contributed by atoms with van der Waals surface area (Å²) in [6.07, 6.45) is 0.323. The molecular formula is C9H12N4. The molecule has 0 radical (unpaired) electrons. The van der Waals surface area contributed by atoms with Gasteiger partial charge in [-0.05, 0) is 19.1 Å². The Morgan fingerprint density at radius 3 is 2.85 bits per heavy atom. The molecule has 2 aliphatic heterocycles. The number of rotatable bonds is 0. The molecule has 13 heavy (non-hydrogen) atoms. The Balaban J connectivity index is 2.16. The SMILES string of the molecule is CC1Nc2ccc3c(c2N1)NCN3. The maximum atomic E-state index is 3.38. The van der Waals surface area contributed by atoms with Crippen molar-refractivity contribution < 1.29 is 0 Å². The molecule has 2 aliphatic rings. The van der Waals surface area contributed by atoms with Gasteiger partial charge >= 0.3 is 0 Å². The lowest BCUT2D eigenvalue weighted by molar-refractivity contribution is 0.956. The van der Waals surface area contributed by atoms with Gasteiger partial charge in [-0.25, -0.2) is 0 Å². The highest BCUT2D eigenvalue weighted by Crippen LogP contribution is 2.42. The van der Waals surface area contributed by atoms with Crippen LogP contribution in [0.25, 0.3) is 0 Å². The molecule has 3 rings (SSSR count). The molecule has 1 aromatic rings. The summed E-state index contributed by atoms with van der Waals surface area (Å²) in [5.41, 5.74) is 4.74. The van der Waals surface area contributed by atoms with Crippen LogP contribution in [0.1, 0.15) is 6.92 Å². The minimum Gasteiger partial charge on any atom is -0.366 e. The predicted octanol–water partition coefficient (Wildman–Crippen LogP) is 1.66. The van der Waals surface area contributed by atoms with Crippen LogP contribution in [0.2, 0.25) is 0 Å². The summed E-state index contributed by atoms with van der Waals surface area (Å²) in [6.45, 7) is 2.93. The Morgan fingerprint density at radius 2 is 1.92 bits per heavy atom. The molecule has 1 aromatic carbocycles. The van der Waals surface area contributed by atoms with E-state index in [1.807, 2.05) is 0 Å². The second-order valence-electron chi connectivity index (χ2n) is 3.45. The van der Waals surface area contributed by atoms with Crippen LogP contribution >= 0.6 is 0 Å². The van der Waals surface area contributed by atoms with E-state index in [0.717, 1.165) is 6.67 Å². The molecule has 68 valence electrons. The topological polar surface area (TPSA) is 48.1 Å². The minimum absolute atomic E-state index is 0.323. The van der Waals surface area contributed by atoms with Crippen LogP contribution in [0, 0.1) is 0 Å². The van der Waals surface area contributed by atoms with E-state index in [1.54, 1.807) is 0 Å². The van der Waals surface area contributed by atoms with Crippen LogP contribution < -0.4 is 21.3 Å². The highest BCUT2D eigenvalue weighted by molar-refractivity contribution is 5.95. The van der Waals surface area contributed by atoms with E-state index in [0.29, 0.717) is 6.17 Å². The van der Waals surface area contributed by atoms with Gasteiger partial charge < -0.3 is 21.3 Å². The van der Waals surface area contributed by atoms with Crippen molar-refractivity contribution in [1.29, 1.82) is 0 Å². The first-order chi connectivity index (χ1) is 6.34. The summed E-state index contributed by atoms with van der Waals surface area (Å²) in [6, 6.07) is 4.20. The molecule has 1 unspecified atom stereocenters. The standard InChI is InChI=1S/C9H12N4/c1-5-12-7-3-2-6-8(9(7)13-5)11-4-10-6/h2-3,5,10-13H,4H2,1H3. The first kappa shape index (κ1) is 6.88. The van der Waals surface area contributed by atoms with Crippen LogP contribution in [0.4, 0.5) is 22.7 Å². The Morgan fingerprint density at radius 1 is 1.08 bits per heavy atom. The molecule has 0 spiro atoms. The normalized spacial score (nSPS) is 22.1. The van der Waals surface area contributed by atoms with Crippen molar-refractivity contribution in [2.45, 2.75) is 13.1 Å². The average Bonchev–Trinajstić information content (AvgIpc) is 2.65. The fraction of sp³-hybridized carbons (Fsp3) is 0.333. The van der Waals surface area contributed by atoms with Gasteiger partial charge in [0.25, 0.3) is 0 Å². The molecule has 0 aromatic heterocycles. The predicted molar refractivity (Wildman–Crippen MR) is 55.3 cm³/mol. The summed E-state index contributed by atoms with van der Waals surface area (Å²) in [7, 11) is 0. The molecule has 4 nitrogen and oxygen atoms in total. The lowest BCUT2D eigenvalue weighted by Gasteiger charge is -2.05. The summed E-state index contributed by atoms with van der Waals surface area (Å²) in [4.78, 5) is 0. The third kappa shape index (κ3) is 0.854. The van der Waals surface area contributed by atoms with Crippen LogP contribution in [0.3, 0.4) is 0 Å². The van der Waals surface area contributed by atoms with Gasteiger partial charge in [0, 0.05) is 0 Å². The van der Waals surface area contributed by atoms with Crippen molar-refractivity contribution in [3.05, 3.63) is 12.1 Å². The summed E-state index contributed by atoms with van der Waals surface area (Å²) in [5.74, 6) is 0. The minimum atomic E-state index is 0.323. The zero-order valence-electron chi connectivity index (χ0n) is 7.44. The number of hydrogen-bond acceptors (Lipinski definition) is 4. The van der Waals surface area contributed by atoms with Gasteiger partial charge in [0.2, 0.25) is 0 Å². The third-order valence-electron chi connectivity index (χ3n) is 2.48. The maximum absolute atomic E-state index is 3.38. The molecule has 4 heteroatoms. The van der Waals surface area contributed by atoms with E-state index < -0.39 is 0 Å². The number of hydrogen-bond donors (Lipinski definition) is 4. The van der Waals surface area contributed by atoms with Crippen LogP contribution in [-0.2, 0) is 0 Å². The molecule has 0 saturated heterocycles. The molecular weight excluding hydrogens is 164 g/mol. The fourth-order valence-corrected chi connectivity index (χ4v) is 1.92. The number of fused-ring (bicyclic) bond motifs is 3. The number of nitrogens with one attached hydrogen (secondary N) is 4. The lowest BCUT2D eigenvalue weighted by atomic mass is 10.2. The molecule has 1 atom stereocenters.